The maximum absolute atomic E-state index is 5.07. The quantitative estimate of drug-likeness (QED) is 0.697. The second-order valence-corrected chi connectivity index (χ2v) is 8.38. The van der Waals surface area contributed by atoms with Gasteiger partial charge in [0.15, 0.2) is 5.82 Å². The van der Waals surface area contributed by atoms with E-state index in [9.17, 15) is 0 Å². The summed E-state index contributed by atoms with van der Waals surface area (Å²) >= 11 is 1.87. The van der Waals surface area contributed by atoms with E-state index >= 15 is 0 Å². The molecule has 0 unspecified atom stereocenters. The van der Waals surface area contributed by atoms with Crippen LogP contribution in [0.15, 0.2) is 24.5 Å². The van der Waals surface area contributed by atoms with E-state index < -0.39 is 0 Å². The number of nitrogens with zero attached hydrogens (tertiary/aromatic N) is 5. The summed E-state index contributed by atoms with van der Waals surface area (Å²) in [6, 6.07) is 4.01. The van der Waals surface area contributed by atoms with Crippen LogP contribution in [0.4, 0.5) is 5.82 Å². The van der Waals surface area contributed by atoms with Gasteiger partial charge in [-0.3, -0.25) is 4.98 Å². The van der Waals surface area contributed by atoms with Gasteiger partial charge in [0.1, 0.15) is 10.6 Å². The first-order valence-corrected chi connectivity index (χ1v) is 10.3. The van der Waals surface area contributed by atoms with E-state index in [1.165, 1.54) is 41.5 Å². The molecular weight excluding hydrogens is 342 g/mol. The van der Waals surface area contributed by atoms with E-state index in [1.54, 1.807) is 6.20 Å². The molecule has 5 nitrogen and oxygen atoms in total. The number of likely N-dealkylation sites (N-methyl/N-ethyl adjacent to an activating group) is 1. The Morgan fingerprint density at radius 1 is 1.04 bits per heavy atom. The first-order valence-electron chi connectivity index (χ1n) is 9.46. The normalized spacial score (nSPS) is 18.3. The summed E-state index contributed by atoms with van der Waals surface area (Å²) in [6.07, 6.45) is 8.47. The molecule has 0 N–H and O–H groups in total. The Hall–Kier alpha value is -2.05. The molecule has 134 valence electrons. The van der Waals surface area contributed by atoms with Crippen LogP contribution in [0.1, 0.15) is 23.3 Å². The average molecular weight is 366 g/mol. The van der Waals surface area contributed by atoms with Gasteiger partial charge < -0.3 is 9.80 Å². The minimum absolute atomic E-state index is 0.804. The predicted molar refractivity (Wildman–Crippen MR) is 107 cm³/mol. The zero-order chi connectivity index (χ0) is 17.5. The highest BCUT2D eigenvalue weighted by Crippen LogP contribution is 2.41. The van der Waals surface area contributed by atoms with Crippen LogP contribution in [-0.2, 0) is 12.8 Å². The van der Waals surface area contributed by atoms with Gasteiger partial charge >= 0.3 is 0 Å². The van der Waals surface area contributed by atoms with E-state index in [0.29, 0.717) is 0 Å². The van der Waals surface area contributed by atoms with Gasteiger partial charge in [-0.1, -0.05) is 0 Å². The Bertz CT molecular complexity index is 936. The topological polar surface area (TPSA) is 45.2 Å². The van der Waals surface area contributed by atoms with Crippen LogP contribution in [-0.4, -0.2) is 53.1 Å². The molecular formula is C20H23N5S. The van der Waals surface area contributed by atoms with E-state index in [4.69, 9.17) is 9.97 Å². The van der Waals surface area contributed by atoms with Gasteiger partial charge in [0.25, 0.3) is 0 Å². The molecule has 26 heavy (non-hydrogen) atoms. The fourth-order valence-electron chi connectivity index (χ4n) is 4.09. The molecule has 0 atom stereocenters. The number of hydrogen-bond acceptors (Lipinski definition) is 6. The smallest absolute Gasteiger partial charge is 0.164 e. The molecule has 3 aromatic heterocycles. The van der Waals surface area contributed by atoms with Crippen molar-refractivity contribution < 1.29 is 0 Å². The molecule has 1 aliphatic carbocycles. The maximum atomic E-state index is 5.07. The third-order valence-electron chi connectivity index (χ3n) is 5.48. The number of aromatic nitrogens is 3. The van der Waals surface area contributed by atoms with Crippen molar-refractivity contribution in [3.63, 3.8) is 0 Å². The lowest BCUT2D eigenvalue weighted by Crippen LogP contribution is -2.29. The predicted octanol–water partition coefficient (Wildman–Crippen LogP) is 3.38. The van der Waals surface area contributed by atoms with Crippen molar-refractivity contribution in [3.05, 3.63) is 35.0 Å². The standard InChI is InChI=1S/C20H23N5S/c1-24-9-4-10-25(12-11-24)19-17-15-6-2-7-16(15)26-20(17)23-18(22-19)14-5-3-8-21-13-14/h3,5,8,13H,2,4,6-7,9-12H2,1H3. The molecule has 5 rings (SSSR count). The van der Waals surface area contributed by atoms with Crippen LogP contribution in [0.3, 0.4) is 0 Å². The molecule has 0 spiro atoms. The van der Waals surface area contributed by atoms with Gasteiger partial charge in [0.05, 0.1) is 5.39 Å². The van der Waals surface area contributed by atoms with E-state index in [1.807, 2.05) is 23.6 Å². The molecule has 0 amide bonds. The SMILES string of the molecule is CN1CCCN(c2nc(-c3cccnc3)nc3sc4c(c23)CCC4)CC1. The monoisotopic (exact) mass is 365 g/mol. The summed E-state index contributed by atoms with van der Waals surface area (Å²) in [7, 11) is 2.21. The third kappa shape index (κ3) is 2.77. The highest BCUT2D eigenvalue weighted by atomic mass is 32.1. The first-order chi connectivity index (χ1) is 12.8. The van der Waals surface area contributed by atoms with Gasteiger partial charge in [0.2, 0.25) is 0 Å². The van der Waals surface area contributed by atoms with Crippen molar-refractivity contribution >= 4 is 27.4 Å². The summed E-state index contributed by atoms with van der Waals surface area (Å²) < 4.78 is 0. The van der Waals surface area contributed by atoms with Crippen molar-refractivity contribution in [2.24, 2.45) is 0 Å². The molecule has 0 aromatic carbocycles. The van der Waals surface area contributed by atoms with Gasteiger partial charge in [0, 0.05) is 42.5 Å². The average Bonchev–Trinajstić information content (AvgIpc) is 3.18. The highest BCUT2D eigenvalue weighted by molar-refractivity contribution is 7.19. The number of pyridine rings is 1. The van der Waals surface area contributed by atoms with Crippen LogP contribution < -0.4 is 4.90 Å². The van der Waals surface area contributed by atoms with E-state index in [-0.39, 0.29) is 0 Å². The molecule has 0 radical (unpaired) electrons. The summed E-state index contributed by atoms with van der Waals surface area (Å²) in [5, 5.41) is 1.32. The van der Waals surface area contributed by atoms with E-state index in [0.717, 1.165) is 48.2 Å². The molecule has 1 aliphatic heterocycles. The summed E-state index contributed by atoms with van der Waals surface area (Å²) in [4.78, 5) is 21.8. The maximum Gasteiger partial charge on any atom is 0.164 e. The number of fused-ring (bicyclic) bond motifs is 3. The van der Waals surface area contributed by atoms with Crippen LogP contribution in [0.2, 0.25) is 0 Å². The molecule has 2 aliphatic rings. The highest BCUT2D eigenvalue weighted by Gasteiger charge is 2.26. The number of hydrogen-bond donors (Lipinski definition) is 0. The molecule has 4 heterocycles. The minimum atomic E-state index is 0.804. The van der Waals surface area contributed by atoms with Crippen molar-refractivity contribution in [1.29, 1.82) is 0 Å². The molecule has 1 fully saturated rings. The largest absolute Gasteiger partial charge is 0.355 e. The summed E-state index contributed by atoms with van der Waals surface area (Å²) in [5.74, 6) is 1.95. The fraction of sp³-hybridized carbons (Fsp3) is 0.450. The summed E-state index contributed by atoms with van der Waals surface area (Å²) in [6.45, 7) is 4.33. The lowest BCUT2D eigenvalue weighted by Gasteiger charge is -2.23. The van der Waals surface area contributed by atoms with E-state index in [2.05, 4.69) is 27.9 Å². The third-order valence-corrected chi connectivity index (χ3v) is 6.67. The molecule has 0 saturated carbocycles. The van der Waals surface area contributed by atoms with Crippen LogP contribution in [0, 0.1) is 0 Å². The Morgan fingerprint density at radius 2 is 2.00 bits per heavy atom. The zero-order valence-electron chi connectivity index (χ0n) is 15.1. The van der Waals surface area contributed by atoms with Crippen molar-refractivity contribution in [2.45, 2.75) is 25.7 Å². The number of aryl methyl sites for hydroxylation is 2. The number of thiophene rings is 1. The van der Waals surface area contributed by atoms with Crippen molar-refractivity contribution in [2.75, 3.05) is 38.1 Å². The number of anilines is 1. The molecule has 1 saturated heterocycles. The lowest BCUT2D eigenvalue weighted by molar-refractivity contribution is 0.360. The zero-order valence-corrected chi connectivity index (χ0v) is 15.9. The van der Waals surface area contributed by atoms with Gasteiger partial charge in [-0.2, -0.15) is 0 Å². The Morgan fingerprint density at radius 3 is 2.88 bits per heavy atom. The second-order valence-electron chi connectivity index (χ2n) is 7.29. The van der Waals surface area contributed by atoms with Crippen LogP contribution >= 0.6 is 11.3 Å². The lowest BCUT2D eigenvalue weighted by atomic mass is 10.1. The first kappa shape index (κ1) is 16.1. The van der Waals surface area contributed by atoms with Gasteiger partial charge in [-0.25, -0.2) is 9.97 Å². The fourth-order valence-corrected chi connectivity index (χ4v) is 5.34. The van der Waals surface area contributed by atoms with Crippen LogP contribution in [0.5, 0.6) is 0 Å². The molecule has 0 bridgehead atoms. The number of rotatable bonds is 2. The van der Waals surface area contributed by atoms with Crippen LogP contribution in [0.25, 0.3) is 21.6 Å². The Balaban J connectivity index is 1.68. The summed E-state index contributed by atoms with van der Waals surface area (Å²) in [5.41, 5.74) is 2.51. The second kappa shape index (κ2) is 6.59. The van der Waals surface area contributed by atoms with Crippen molar-refractivity contribution in [3.8, 4) is 11.4 Å². The molecule has 6 heteroatoms. The molecule has 3 aromatic rings. The Labute approximate surface area is 157 Å². The van der Waals surface area contributed by atoms with Gasteiger partial charge in [-0.15, -0.1) is 11.3 Å². The minimum Gasteiger partial charge on any atom is -0.355 e. The van der Waals surface area contributed by atoms with Crippen molar-refractivity contribution in [1.82, 2.24) is 19.9 Å². The van der Waals surface area contributed by atoms with Gasteiger partial charge in [-0.05, 0) is 57.0 Å². The Kier molecular flexibility index (Phi) is 4.10.